The Morgan fingerprint density at radius 1 is 0.944 bits per heavy atom. The minimum Gasteiger partial charge on any atom is -0.382 e. The lowest BCUT2D eigenvalue weighted by Gasteiger charge is -2.17. The van der Waals surface area contributed by atoms with Gasteiger partial charge in [-0.3, -0.25) is 0 Å². The fraction of sp³-hybridized carbons (Fsp3) is 0.375. The number of rotatable bonds is 2. The van der Waals surface area contributed by atoms with Crippen molar-refractivity contribution in [2.45, 2.75) is 25.3 Å². The maximum absolute atomic E-state index is 5.49. The third kappa shape index (κ3) is 2.65. The van der Waals surface area contributed by atoms with Crippen molar-refractivity contribution in [1.29, 1.82) is 0 Å². The molecule has 1 fully saturated rings. The van der Waals surface area contributed by atoms with Crippen LogP contribution in [-0.4, -0.2) is 19.3 Å². The number of benzene rings is 2. The lowest BCUT2D eigenvalue weighted by molar-refractivity contribution is 0.144. The lowest BCUT2D eigenvalue weighted by atomic mass is 10.1. The minimum atomic E-state index is 0.550. The summed E-state index contributed by atoms with van der Waals surface area (Å²) >= 11 is 0. The Labute approximate surface area is 108 Å². The van der Waals surface area contributed by atoms with Crippen molar-refractivity contribution >= 4 is 16.5 Å². The number of hydrogen-bond donors (Lipinski definition) is 1. The van der Waals surface area contributed by atoms with Gasteiger partial charge in [0.05, 0.1) is 0 Å². The van der Waals surface area contributed by atoms with E-state index in [9.17, 15) is 0 Å². The van der Waals surface area contributed by atoms with Crippen molar-refractivity contribution < 1.29 is 4.74 Å². The summed E-state index contributed by atoms with van der Waals surface area (Å²) in [5, 5.41) is 6.23. The molecule has 3 rings (SSSR count). The highest BCUT2D eigenvalue weighted by Crippen LogP contribution is 2.21. The Balaban J connectivity index is 1.77. The highest BCUT2D eigenvalue weighted by Gasteiger charge is 2.11. The fourth-order valence-corrected chi connectivity index (χ4v) is 2.56. The molecule has 1 atom stereocenters. The number of anilines is 1. The van der Waals surface area contributed by atoms with Gasteiger partial charge in [-0.2, -0.15) is 0 Å². The van der Waals surface area contributed by atoms with E-state index in [1.807, 2.05) is 0 Å². The van der Waals surface area contributed by atoms with Crippen LogP contribution >= 0.6 is 0 Å². The molecule has 1 heterocycles. The van der Waals surface area contributed by atoms with Crippen molar-refractivity contribution in [3.63, 3.8) is 0 Å². The summed E-state index contributed by atoms with van der Waals surface area (Å²) in [6, 6.07) is 15.6. The van der Waals surface area contributed by atoms with Crippen molar-refractivity contribution in [3.8, 4) is 0 Å². The van der Waals surface area contributed by atoms with E-state index < -0.39 is 0 Å². The quantitative estimate of drug-likeness (QED) is 0.863. The smallest absolute Gasteiger partial charge is 0.0485 e. The minimum absolute atomic E-state index is 0.550. The van der Waals surface area contributed by atoms with Gasteiger partial charge in [-0.15, -0.1) is 0 Å². The molecule has 1 N–H and O–H groups in total. The maximum Gasteiger partial charge on any atom is 0.0485 e. The average molecular weight is 241 g/mol. The van der Waals surface area contributed by atoms with Gasteiger partial charge in [-0.25, -0.2) is 0 Å². The molecule has 1 unspecified atom stereocenters. The number of ether oxygens (including phenoxy) is 1. The number of hydrogen-bond acceptors (Lipinski definition) is 2. The van der Waals surface area contributed by atoms with Crippen LogP contribution in [0.3, 0.4) is 0 Å². The largest absolute Gasteiger partial charge is 0.382 e. The van der Waals surface area contributed by atoms with Crippen LogP contribution in [-0.2, 0) is 4.74 Å². The summed E-state index contributed by atoms with van der Waals surface area (Å²) in [5.41, 5.74) is 1.22. The third-order valence-electron chi connectivity index (χ3n) is 3.57. The summed E-state index contributed by atoms with van der Waals surface area (Å²) in [5.74, 6) is 0. The Morgan fingerprint density at radius 2 is 1.83 bits per heavy atom. The van der Waals surface area contributed by atoms with Gasteiger partial charge in [0.15, 0.2) is 0 Å². The third-order valence-corrected chi connectivity index (χ3v) is 3.57. The van der Waals surface area contributed by atoms with Crippen LogP contribution in [0.2, 0.25) is 0 Å². The topological polar surface area (TPSA) is 21.3 Å². The first-order chi connectivity index (χ1) is 8.92. The summed E-state index contributed by atoms with van der Waals surface area (Å²) in [4.78, 5) is 0. The first kappa shape index (κ1) is 11.5. The van der Waals surface area contributed by atoms with Gasteiger partial charge >= 0.3 is 0 Å². The van der Waals surface area contributed by atoms with E-state index in [0.717, 1.165) is 26.1 Å². The van der Waals surface area contributed by atoms with Crippen LogP contribution in [0.5, 0.6) is 0 Å². The molecule has 0 amide bonds. The SMILES string of the molecule is c1ccc2cc(NC3CCCOCC3)ccc2c1. The second kappa shape index (κ2) is 5.40. The molecule has 0 bridgehead atoms. The zero-order valence-electron chi connectivity index (χ0n) is 10.6. The number of nitrogens with one attached hydrogen (secondary N) is 1. The van der Waals surface area contributed by atoms with Gasteiger partial charge in [0.25, 0.3) is 0 Å². The van der Waals surface area contributed by atoms with Crippen molar-refractivity contribution in [2.24, 2.45) is 0 Å². The molecule has 0 aliphatic carbocycles. The van der Waals surface area contributed by atoms with Gasteiger partial charge in [-0.05, 0) is 42.2 Å². The molecule has 0 radical (unpaired) electrons. The van der Waals surface area contributed by atoms with Gasteiger partial charge in [0.1, 0.15) is 0 Å². The zero-order valence-corrected chi connectivity index (χ0v) is 10.6. The maximum atomic E-state index is 5.49. The molecule has 94 valence electrons. The molecule has 2 aromatic carbocycles. The summed E-state index contributed by atoms with van der Waals surface area (Å²) in [7, 11) is 0. The predicted octanol–water partition coefficient (Wildman–Crippen LogP) is 3.82. The molecule has 1 aliphatic rings. The van der Waals surface area contributed by atoms with Crippen LogP contribution in [0.4, 0.5) is 5.69 Å². The molecule has 1 aliphatic heterocycles. The molecular formula is C16H19NO. The predicted molar refractivity (Wildman–Crippen MR) is 76.0 cm³/mol. The zero-order chi connectivity index (χ0) is 12.2. The molecule has 2 nitrogen and oxygen atoms in total. The standard InChI is InChI=1S/C16H19NO/c1-2-5-14-12-16(8-7-13(14)4-1)17-15-6-3-10-18-11-9-15/h1-2,4-5,7-8,12,15,17H,3,6,9-11H2. The van der Waals surface area contributed by atoms with E-state index in [1.165, 1.54) is 22.9 Å². The van der Waals surface area contributed by atoms with Gasteiger partial charge in [-0.1, -0.05) is 30.3 Å². The van der Waals surface area contributed by atoms with Crippen molar-refractivity contribution in [3.05, 3.63) is 42.5 Å². The first-order valence-corrected chi connectivity index (χ1v) is 6.75. The first-order valence-electron chi connectivity index (χ1n) is 6.75. The fourth-order valence-electron chi connectivity index (χ4n) is 2.56. The highest BCUT2D eigenvalue weighted by atomic mass is 16.5. The van der Waals surface area contributed by atoms with Gasteiger partial charge < -0.3 is 10.1 Å². The van der Waals surface area contributed by atoms with Crippen LogP contribution in [0.15, 0.2) is 42.5 Å². The van der Waals surface area contributed by atoms with Crippen LogP contribution < -0.4 is 5.32 Å². The molecule has 18 heavy (non-hydrogen) atoms. The van der Waals surface area contributed by atoms with Crippen LogP contribution in [0.1, 0.15) is 19.3 Å². The van der Waals surface area contributed by atoms with Crippen molar-refractivity contribution in [1.82, 2.24) is 0 Å². The summed E-state index contributed by atoms with van der Waals surface area (Å²) in [6.45, 7) is 1.79. The Hall–Kier alpha value is -1.54. The van der Waals surface area contributed by atoms with Crippen LogP contribution in [0.25, 0.3) is 10.8 Å². The molecular weight excluding hydrogens is 222 g/mol. The Bertz CT molecular complexity index is 515. The molecule has 2 heteroatoms. The van der Waals surface area contributed by atoms with Gasteiger partial charge in [0, 0.05) is 24.9 Å². The van der Waals surface area contributed by atoms with Crippen LogP contribution in [0, 0.1) is 0 Å². The Morgan fingerprint density at radius 3 is 2.78 bits per heavy atom. The monoisotopic (exact) mass is 241 g/mol. The average Bonchev–Trinajstić information content (AvgIpc) is 2.67. The summed E-state index contributed by atoms with van der Waals surface area (Å²) in [6.07, 6.45) is 3.46. The molecule has 1 saturated heterocycles. The second-order valence-electron chi connectivity index (χ2n) is 4.95. The molecule has 0 aromatic heterocycles. The van der Waals surface area contributed by atoms with Gasteiger partial charge in [0.2, 0.25) is 0 Å². The van der Waals surface area contributed by atoms with E-state index >= 15 is 0 Å². The van der Waals surface area contributed by atoms with E-state index in [2.05, 4.69) is 47.8 Å². The molecule has 0 saturated carbocycles. The van der Waals surface area contributed by atoms with Crippen molar-refractivity contribution in [2.75, 3.05) is 18.5 Å². The number of fused-ring (bicyclic) bond motifs is 1. The van der Waals surface area contributed by atoms with E-state index in [0.29, 0.717) is 6.04 Å². The second-order valence-corrected chi connectivity index (χ2v) is 4.95. The Kier molecular flexibility index (Phi) is 3.47. The van der Waals surface area contributed by atoms with E-state index in [4.69, 9.17) is 4.74 Å². The molecule has 2 aromatic rings. The molecule has 0 spiro atoms. The van der Waals surface area contributed by atoms with E-state index in [1.54, 1.807) is 0 Å². The normalized spacial score (nSPS) is 20.6. The summed E-state index contributed by atoms with van der Waals surface area (Å²) < 4.78 is 5.49. The highest BCUT2D eigenvalue weighted by molar-refractivity contribution is 5.85. The van der Waals surface area contributed by atoms with E-state index in [-0.39, 0.29) is 0 Å². The lowest BCUT2D eigenvalue weighted by Crippen LogP contribution is -2.19.